The molecule has 0 fully saturated rings. The molecule has 6 heteroatoms. The van der Waals surface area contributed by atoms with E-state index in [4.69, 9.17) is 17.0 Å². The quantitative estimate of drug-likeness (QED) is 0.872. The molecule has 0 aromatic carbocycles. The number of methoxy groups -OCH3 is 1. The summed E-state index contributed by atoms with van der Waals surface area (Å²) in [5.74, 6) is 0. The van der Waals surface area contributed by atoms with Gasteiger partial charge in [0, 0.05) is 7.11 Å². The zero-order valence-corrected chi connectivity index (χ0v) is 11.6. The fourth-order valence-corrected chi connectivity index (χ4v) is 2.61. The maximum Gasteiger partial charge on any atom is 0.272 e. The van der Waals surface area contributed by atoms with Crippen LogP contribution in [0.4, 0.5) is 0 Å². The van der Waals surface area contributed by atoms with Crippen LogP contribution in [0.3, 0.4) is 0 Å². The lowest BCUT2D eigenvalue weighted by Gasteiger charge is -2.23. The molecule has 2 aromatic rings. The predicted molar refractivity (Wildman–Crippen MR) is 72.4 cm³/mol. The second-order valence-corrected chi connectivity index (χ2v) is 5.75. The van der Waals surface area contributed by atoms with Crippen LogP contribution >= 0.6 is 23.6 Å². The summed E-state index contributed by atoms with van der Waals surface area (Å²) < 4.78 is 8.02. The van der Waals surface area contributed by atoms with Crippen molar-refractivity contribution in [2.24, 2.45) is 0 Å². The molecule has 0 aliphatic rings. The number of fused-ring (bicyclic) bond motifs is 1. The molecule has 0 unspecified atom stereocenters. The van der Waals surface area contributed by atoms with Crippen molar-refractivity contribution in [3.8, 4) is 0 Å². The summed E-state index contributed by atoms with van der Waals surface area (Å²) in [6.07, 6.45) is 0. The van der Waals surface area contributed by atoms with Gasteiger partial charge in [-0.3, -0.25) is 9.36 Å². The minimum atomic E-state index is -0.420. The largest absolute Gasteiger partial charge is 0.377 e. The fraction of sp³-hybridized carbons (Fsp3) is 0.455. The molecular formula is C11H14N2O2S2. The Bertz CT molecular complexity index is 651. The predicted octanol–water partition coefficient (Wildman–Crippen LogP) is 2.55. The van der Waals surface area contributed by atoms with Crippen molar-refractivity contribution in [1.82, 2.24) is 9.55 Å². The highest BCUT2D eigenvalue weighted by Crippen LogP contribution is 2.16. The van der Waals surface area contributed by atoms with Gasteiger partial charge >= 0.3 is 0 Å². The second-order valence-electron chi connectivity index (χ2n) is 4.45. The molecule has 0 aliphatic heterocycles. The Morgan fingerprint density at radius 3 is 2.94 bits per heavy atom. The van der Waals surface area contributed by atoms with Crippen LogP contribution in [0.5, 0.6) is 0 Å². The van der Waals surface area contributed by atoms with E-state index in [0.29, 0.717) is 16.0 Å². The van der Waals surface area contributed by atoms with Gasteiger partial charge in [0.15, 0.2) is 4.77 Å². The molecule has 0 saturated heterocycles. The lowest BCUT2D eigenvalue weighted by Crippen LogP contribution is -2.35. The third-order valence-electron chi connectivity index (χ3n) is 2.68. The van der Waals surface area contributed by atoms with Gasteiger partial charge in [0.1, 0.15) is 4.70 Å². The number of nitrogens with zero attached hydrogens (tertiary/aromatic N) is 1. The maximum atomic E-state index is 12.2. The monoisotopic (exact) mass is 270 g/mol. The van der Waals surface area contributed by atoms with Crippen LogP contribution in [-0.2, 0) is 11.3 Å². The van der Waals surface area contributed by atoms with Crippen LogP contribution in [0.1, 0.15) is 13.8 Å². The van der Waals surface area contributed by atoms with Crippen LogP contribution < -0.4 is 5.56 Å². The molecule has 0 radical (unpaired) electrons. The van der Waals surface area contributed by atoms with E-state index in [-0.39, 0.29) is 5.56 Å². The normalized spacial score (nSPS) is 12.2. The molecule has 17 heavy (non-hydrogen) atoms. The number of nitrogens with one attached hydrogen (secondary N) is 1. The highest BCUT2D eigenvalue weighted by Gasteiger charge is 2.19. The van der Waals surface area contributed by atoms with Crippen LogP contribution in [0.2, 0.25) is 0 Å². The molecule has 0 bridgehead atoms. The van der Waals surface area contributed by atoms with Crippen LogP contribution in [0.25, 0.3) is 10.2 Å². The highest BCUT2D eigenvalue weighted by molar-refractivity contribution is 7.71. The summed E-state index contributed by atoms with van der Waals surface area (Å²) in [7, 11) is 1.63. The minimum Gasteiger partial charge on any atom is -0.377 e. The van der Waals surface area contributed by atoms with E-state index in [2.05, 4.69) is 4.98 Å². The highest BCUT2D eigenvalue weighted by atomic mass is 32.1. The van der Waals surface area contributed by atoms with Crippen molar-refractivity contribution in [1.29, 1.82) is 0 Å². The van der Waals surface area contributed by atoms with E-state index >= 15 is 0 Å². The molecule has 0 aliphatic carbocycles. The number of aromatic nitrogens is 2. The molecule has 0 spiro atoms. The van der Waals surface area contributed by atoms with Crippen molar-refractivity contribution < 1.29 is 4.74 Å². The average Bonchev–Trinajstić information content (AvgIpc) is 2.72. The first kappa shape index (κ1) is 12.5. The molecule has 2 heterocycles. The summed E-state index contributed by atoms with van der Waals surface area (Å²) in [6.45, 7) is 4.28. The van der Waals surface area contributed by atoms with Crippen LogP contribution in [0.15, 0.2) is 16.2 Å². The van der Waals surface area contributed by atoms with E-state index in [9.17, 15) is 4.79 Å². The van der Waals surface area contributed by atoms with Gasteiger partial charge in [-0.15, -0.1) is 11.3 Å². The average molecular weight is 270 g/mol. The topological polar surface area (TPSA) is 47.0 Å². The van der Waals surface area contributed by atoms with Gasteiger partial charge in [-0.2, -0.15) is 0 Å². The Balaban J connectivity index is 2.62. The van der Waals surface area contributed by atoms with E-state index in [1.54, 1.807) is 11.7 Å². The first-order valence-corrected chi connectivity index (χ1v) is 6.49. The van der Waals surface area contributed by atoms with Crippen LogP contribution in [-0.4, -0.2) is 22.3 Å². The Hall–Kier alpha value is -0.980. The molecule has 92 valence electrons. The van der Waals surface area contributed by atoms with Crippen LogP contribution in [0, 0.1) is 4.77 Å². The van der Waals surface area contributed by atoms with Gasteiger partial charge in [0.25, 0.3) is 5.56 Å². The minimum absolute atomic E-state index is 0.0520. The Kier molecular flexibility index (Phi) is 3.20. The molecule has 4 nitrogen and oxygen atoms in total. The number of hydrogen-bond acceptors (Lipinski definition) is 4. The third-order valence-corrected chi connectivity index (χ3v) is 3.91. The van der Waals surface area contributed by atoms with Crippen molar-refractivity contribution >= 4 is 33.8 Å². The summed E-state index contributed by atoms with van der Waals surface area (Å²) in [5, 5.41) is 1.88. The summed E-state index contributed by atoms with van der Waals surface area (Å²) in [5.41, 5.74) is 0.330. The van der Waals surface area contributed by atoms with Crippen molar-refractivity contribution in [2.75, 3.05) is 7.11 Å². The van der Waals surface area contributed by atoms with Crippen molar-refractivity contribution in [3.05, 3.63) is 26.6 Å². The molecule has 0 saturated carbocycles. The lowest BCUT2D eigenvalue weighted by atomic mass is 10.1. The molecule has 0 atom stereocenters. The number of hydrogen-bond donors (Lipinski definition) is 1. The van der Waals surface area contributed by atoms with E-state index < -0.39 is 5.60 Å². The van der Waals surface area contributed by atoms with Gasteiger partial charge in [-0.1, -0.05) is 0 Å². The first-order chi connectivity index (χ1) is 7.94. The van der Waals surface area contributed by atoms with E-state index in [1.807, 2.05) is 25.3 Å². The second kappa shape index (κ2) is 4.36. The number of ether oxygens (including phenoxy) is 1. The van der Waals surface area contributed by atoms with Gasteiger partial charge in [0.2, 0.25) is 0 Å². The zero-order chi connectivity index (χ0) is 12.6. The van der Waals surface area contributed by atoms with Crippen molar-refractivity contribution in [2.45, 2.75) is 26.0 Å². The maximum absolute atomic E-state index is 12.2. The summed E-state index contributed by atoms with van der Waals surface area (Å²) in [6, 6.07) is 1.86. The third kappa shape index (κ3) is 2.34. The fourth-order valence-electron chi connectivity index (χ4n) is 1.56. The first-order valence-electron chi connectivity index (χ1n) is 5.20. The standard InChI is InChI=1S/C11H14N2O2S2/c1-11(2,15-3)6-13-9(14)8-7(4-5-17-8)12-10(13)16/h4-5H,6H2,1-3H3,(H,12,16). The molecule has 2 aromatic heterocycles. The van der Waals surface area contributed by atoms with E-state index in [0.717, 1.165) is 5.52 Å². The Morgan fingerprint density at radius 1 is 1.59 bits per heavy atom. The molecular weight excluding hydrogens is 256 g/mol. The number of aromatic amines is 1. The smallest absolute Gasteiger partial charge is 0.272 e. The summed E-state index contributed by atoms with van der Waals surface area (Å²) in [4.78, 5) is 15.3. The number of rotatable bonds is 3. The zero-order valence-electron chi connectivity index (χ0n) is 9.94. The number of H-pyrrole nitrogens is 1. The van der Waals surface area contributed by atoms with Crippen molar-refractivity contribution in [3.63, 3.8) is 0 Å². The number of thiophene rings is 1. The van der Waals surface area contributed by atoms with Gasteiger partial charge in [-0.25, -0.2) is 0 Å². The Morgan fingerprint density at radius 2 is 2.29 bits per heavy atom. The van der Waals surface area contributed by atoms with E-state index in [1.165, 1.54) is 11.3 Å². The lowest BCUT2D eigenvalue weighted by molar-refractivity contribution is 0.00697. The summed E-state index contributed by atoms with van der Waals surface area (Å²) >= 11 is 6.62. The molecule has 0 amide bonds. The molecule has 1 N–H and O–H groups in total. The molecule has 2 rings (SSSR count). The van der Waals surface area contributed by atoms with Gasteiger partial charge < -0.3 is 9.72 Å². The van der Waals surface area contributed by atoms with Gasteiger partial charge in [0.05, 0.1) is 17.7 Å². The Labute approximate surface area is 108 Å². The SMILES string of the molecule is COC(C)(C)Cn1c(=S)[nH]c2ccsc2c1=O. The van der Waals surface area contributed by atoms with Gasteiger partial charge in [-0.05, 0) is 37.5 Å².